The van der Waals surface area contributed by atoms with Gasteiger partial charge in [-0.3, -0.25) is 4.21 Å². The van der Waals surface area contributed by atoms with E-state index < -0.39 is 9.52 Å². The van der Waals surface area contributed by atoms with Crippen LogP contribution in [0.4, 0.5) is 0 Å². The van der Waals surface area contributed by atoms with E-state index in [9.17, 15) is 4.21 Å². The summed E-state index contributed by atoms with van der Waals surface area (Å²) in [5.41, 5.74) is 2.58. The van der Waals surface area contributed by atoms with Crippen LogP contribution in [0.25, 0.3) is 0 Å². The van der Waals surface area contributed by atoms with Crippen molar-refractivity contribution in [2.24, 2.45) is 0 Å². The summed E-state index contributed by atoms with van der Waals surface area (Å²) in [6.07, 6.45) is 6.79. The first-order valence-corrected chi connectivity index (χ1v) is 8.78. The molecule has 0 radical (unpaired) electrons. The maximum Gasteiger partial charge on any atom is 0.0322 e. The van der Waals surface area contributed by atoms with Gasteiger partial charge in [-0.05, 0) is 65.0 Å². The van der Waals surface area contributed by atoms with Crippen LogP contribution in [0, 0.1) is 6.92 Å². The van der Waals surface area contributed by atoms with E-state index in [0.29, 0.717) is 6.04 Å². The Labute approximate surface area is 111 Å². The van der Waals surface area contributed by atoms with E-state index in [1.165, 1.54) is 36.8 Å². The molecule has 1 N–H and O–H groups in total. The molecule has 1 aliphatic heterocycles. The average Bonchev–Trinajstić information content (AvgIpc) is 2.56. The lowest BCUT2D eigenvalue weighted by molar-refractivity contribution is 0.532. The monoisotopic (exact) mass is 265 g/mol. The van der Waals surface area contributed by atoms with E-state index in [1.807, 2.05) is 12.1 Å². The minimum Gasteiger partial charge on any atom is -0.310 e. The minimum atomic E-state index is -2.10. The first kappa shape index (κ1) is 13.6. The predicted octanol–water partition coefficient (Wildman–Crippen LogP) is 2.90. The molecule has 100 valence electrons. The third kappa shape index (κ3) is 3.15. The SMILES string of the molecule is C=S(C)(=O)c1ccc(C2CCCCCN2)c(C)c1. The van der Waals surface area contributed by atoms with E-state index in [4.69, 9.17) is 0 Å². The van der Waals surface area contributed by atoms with E-state index in [2.05, 4.69) is 24.2 Å². The number of hydrogen-bond donors (Lipinski definition) is 1. The van der Waals surface area contributed by atoms with Crippen molar-refractivity contribution in [3.63, 3.8) is 0 Å². The third-order valence-corrected chi connectivity index (χ3v) is 4.93. The van der Waals surface area contributed by atoms with Gasteiger partial charge in [0.05, 0.1) is 0 Å². The fourth-order valence-electron chi connectivity index (χ4n) is 2.60. The van der Waals surface area contributed by atoms with Crippen LogP contribution in [0.2, 0.25) is 0 Å². The molecule has 0 spiro atoms. The molecule has 1 heterocycles. The van der Waals surface area contributed by atoms with Gasteiger partial charge >= 0.3 is 0 Å². The molecule has 2 nitrogen and oxygen atoms in total. The molecule has 3 heteroatoms. The van der Waals surface area contributed by atoms with Gasteiger partial charge in [-0.25, -0.2) is 0 Å². The van der Waals surface area contributed by atoms with Gasteiger partial charge in [0.2, 0.25) is 0 Å². The molecule has 1 fully saturated rings. The summed E-state index contributed by atoms with van der Waals surface area (Å²) in [4.78, 5) is 0.859. The van der Waals surface area contributed by atoms with Gasteiger partial charge in [-0.15, -0.1) is 0 Å². The number of nitrogens with one attached hydrogen (secondary N) is 1. The molecule has 2 atom stereocenters. The summed E-state index contributed by atoms with van der Waals surface area (Å²) < 4.78 is 12.0. The molecular weight excluding hydrogens is 242 g/mol. The lowest BCUT2D eigenvalue weighted by atomic mass is 9.98. The molecule has 0 amide bonds. The largest absolute Gasteiger partial charge is 0.310 e. The van der Waals surface area contributed by atoms with Crippen molar-refractivity contribution in [1.29, 1.82) is 0 Å². The fourth-order valence-corrected chi connectivity index (χ4v) is 3.38. The molecule has 1 saturated heterocycles. The normalized spacial score (nSPS) is 24.2. The van der Waals surface area contributed by atoms with E-state index in [1.54, 1.807) is 6.26 Å². The Morgan fingerprint density at radius 2 is 2.11 bits per heavy atom. The van der Waals surface area contributed by atoms with Crippen LogP contribution in [0.1, 0.15) is 42.9 Å². The second-order valence-corrected chi connectivity index (χ2v) is 7.86. The standard InChI is InChI=1S/C15H23NOS/c1-12-11-13(18(2,3)17)8-9-14(12)15-7-5-4-6-10-16-15/h8-9,11,15-16H,2,4-7,10H2,1,3H3. The van der Waals surface area contributed by atoms with Gasteiger partial charge < -0.3 is 5.32 Å². The Hall–Kier alpha value is -0.800. The van der Waals surface area contributed by atoms with Crippen LogP contribution in [-0.4, -0.2) is 22.9 Å². The van der Waals surface area contributed by atoms with Crippen molar-refractivity contribution < 1.29 is 4.21 Å². The Bertz CT molecular complexity index is 511. The lowest BCUT2D eigenvalue weighted by Crippen LogP contribution is -2.21. The van der Waals surface area contributed by atoms with Gasteiger partial charge in [0.1, 0.15) is 0 Å². The summed E-state index contributed by atoms with van der Waals surface area (Å²) in [5, 5.41) is 3.61. The van der Waals surface area contributed by atoms with E-state index in [-0.39, 0.29) is 0 Å². The van der Waals surface area contributed by atoms with Gasteiger partial charge in [0, 0.05) is 17.2 Å². The molecule has 0 saturated carbocycles. The zero-order valence-corrected chi connectivity index (χ0v) is 12.2. The third-order valence-electron chi connectivity index (χ3n) is 3.68. The summed E-state index contributed by atoms with van der Waals surface area (Å²) in [6, 6.07) is 6.60. The van der Waals surface area contributed by atoms with Crippen molar-refractivity contribution in [1.82, 2.24) is 5.32 Å². The summed E-state index contributed by atoms with van der Waals surface area (Å²) in [5.74, 6) is 3.75. The highest BCUT2D eigenvalue weighted by Gasteiger charge is 2.16. The maximum absolute atomic E-state index is 12.0. The second-order valence-electron chi connectivity index (χ2n) is 5.38. The van der Waals surface area contributed by atoms with Gasteiger partial charge in [-0.2, -0.15) is 0 Å². The molecular formula is C15H23NOS. The zero-order valence-electron chi connectivity index (χ0n) is 11.4. The smallest absolute Gasteiger partial charge is 0.0322 e. The van der Waals surface area contributed by atoms with Crippen LogP contribution in [0.5, 0.6) is 0 Å². The molecule has 18 heavy (non-hydrogen) atoms. The summed E-state index contributed by atoms with van der Waals surface area (Å²) in [7, 11) is -2.10. The van der Waals surface area contributed by atoms with Crippen LogP contribution >= 0.6 is 0 Å². The number of hydrogen-bond acceptors (Lipinski definition) is 2. The first-order valence-electron chi connectivity index (χ1n) is 6.64. The summed E-state index contributed by atoms with van der Waals surface area (Å²) in [6.45, 7) is 3.21. The van der Waals surface area contributed by atoms with Crippen molar-refractivity contribution in [2.75, 3.05) is 12.8 Å². The summed E-state index contributed by atoms with van der Waals surface area (Å²) >= 11 is 0. The van der Waals surface area contributed by atoms with E-state index >= 15 is 0 Å². The van der Waals surface area contributed by atoms with E-state index in [0.717, 1.165) is 11.4 Å². The number of aryl methyl sites for hydroxylation is 1. The molecule has 1 aliphatic rings. The highest BCUT2D eigenvalue weighted by atomic mass is 32.2. The van der Waals surface area contributed by atoms with Crippen molar-refractivity contribution >= 4 is 15.4 Å². The molecule has 0 aliphatic carbocycles. The van der Waals surface area contributed by atoms with Crippen LogP contribution in [0.3, 0.4) is 0 Å². The highest BCUT2D eigenvalue weighted by Crippen LogP contribution is 2.26. The van der Waals surface area contributed by atoms with Crippen molar-refractivity contribution in [3.8, 4) is 0 Å². The second kappa shape index (κ2) is 5.45. The quantitative estimate of drug-likeness (QED) is 0.833. The molecule has 1 aromatic carbocycles. The topological polar surface area (TPSA) is 29.1 Å². The van der Waals surface area contributed by atoms with Gasteiger partial charge in [0.15, 0.2) is 0 Å². The molecule has 0 aromatic heterocycles. The molecule has 0 bridgehead atoms. The van der Waals surface area contributed by atoms with Crippen molar-refractivity contribution in [2.45, 2.75) is 43.5 Å². The molecule has 1 aromatic rings. The number of rotatable bonds is 2. The minimum absolute atomic E-state index is 0.458. The van der Waals surface area contributed by atoms with Gasteiger partial charge in [-0.1, -0.05) is 18.9 Å². The Balaban J connectivity index is 2.29. The average molecular weight is 265 g/mol. The Morgan fingerprint density at radius 3 is 2.78 bits per heavy atom. The van der Waals surface area contributed by atoms with Crippen molar-refractivity contribution in [3.05, 3.63) is 29.3 Å². The Kier molecular flexibility index (Phi) is 4.13. The van der Waals surface area contributed by atoms with Crippen LogP contribution in [0.15, 0.2) is 23.1 Å². The van der Waals surface area contributed by atoms with Crippen LogP contribution in [-0.2, 0) is 9.52 Å². The van der Waals surface area contributed by atoms with Crippen LogP contribution < -0.4 is 5.32 Å². The molecule has 2 unspecified atom stereocenters. The maximum atomic E-state index is 12.0. The lowest BCUT2D eigenvalue weighted by Gasteiger charge is -2.19. The van der Waals surface area contributed by atoms with Gasteiger partial charge in [0.25, 0.3) is 0 Å². The zero-order chi connectivity index (χ0) is 13.2. The number of benzene rings is 1. The Morgan fingerprint density at radius 1 is 1.33 bits per heavy atom. The first-order chi connectivity index (χ1) is 8.48. The fraction of sp³-hybridized carbons (Fsp3) is 0.533. The predicted molar refractivity (Wildman–Crippen MR) is 79.8 cm³/mol. The molecule has 2 rings (SSSR count). The highest BCUT2D eigenvalue weighted by molar-refractivity contribution is 7.99.